The monoisotopic (exact) mass is 309 g/mol. The molecule has 1 aromatic heterocycles. The van der Waals surface area contributed by atoms with Crippen molar-refractivity contribution < 1.29 is 14.6 Å². The van der Waals surface area contributed by atoms with Crippen molar-refractivity contribution in [3.63, 3.8) is 0 Å². The molecule has 1 N–H and O–H groups in total. The summed E-state index contributed by atoms with van der Waals surface area (Å²) in [6.07, 6.45) is 1.71. The van der Waals surface area contributed by atoms with Gasteiger partial charge in [-0.2, -0.15) is 0 Å². The summed E-state index contributed by atoms with van der Waals surface area (Å²) >= 11 is 6.20. The van der Waals surface area contributed by atoms with Crippen LogP contribution < -0.4 is 9.47 Å². The van der Waals surface area contributed by atoms with Gasteiger partial charge in [0.05, 0.1) is 17.8 Å². The first-order valence-electron chi connectivity index (χ1n) is 6.64. The normalized spacial score (nSPS) is 14.3. The van der Waals surface area contributed by atoms with Gasteiger partial charge in [-0.3, -0.25) is 0 Å². The fraction of sp³-hybridized carbons (Fsp3) is 0.429. The molecule has 6 nitrogen and oxygen atoms in total. The van der Waals surface area contributed by atoms with Gasteiger partial charge in [-0.15, -0.1) is 5.10 Å². The SMILES string of the molecule is CC(C)(O)c1cn(Cc2cc(Cl)c3c(c2)OCCO3)nn1. The highest BCUT2D eigenvalue weighted by Crippen LogP contribution is 2.38. The summed E-state index contributed by atoms with van der Waals surface area (Å²) < 4.78 is 12.7. The lowest BCUT2D eigenvalue weighted by Crippen LogP contribution is -2.16. The molecule has 112 valence electrons. The second-order valence-corrected chi connectivity index (χ2v) is 5.87. The maximum absolute atomic E-state index is 9.90. The number of benzene rings is 1. The van der Waals surface area contributed by atoms with Crippen molar-refractivity contribution in [3.8, 4) is 11.5 Å². The van der Waals surface area contributed by atoms with E-state index in [1.165, 1.54) is 0 Å². The van der Waals surface area contributed by atoms with Crippen molar-refractivity contribution >= 4 is 11.6 Å². The van der Waals surface area contributed by atoms with Gasteiger partial charge in [0.25, 0.3) is 0 Å². The number of aromatic nitrogens is 3. The molecule has 7 heteroatoms. The molecule has 1 aliphatic heterocycles. The first-order chi connectivity index (χ1) is 9.93. The molecular formula is C14H16ClN3O3. The van der Waals surface area contributed by atoms with Crippen LogP contribution in [0.1, 0.15) is 25.1 Å². The summed E-state index contributed by atoms with van der Waals surface area (Å²) in [7, 11) is 0. The van der Waals surface area contributed by atoms with Crippen LogP contribution in [0.25, 0.3) is 0 Å². The number of ether oxygens (including phenoxy) is 2. The van der Waals surface area contributed by atoms with Crippen LogP contribution in [0.2, 0.25) is 5.02 Å². The standard InChI is InChI=1S/C14H16ClN3O3/c1-14(2,19)12-8-18(17-16-12)7-9-5-10(15)13-11(6-9)20-3-4-21-13/h5-6,8,19H,3-4,7H2,1-2H3. The highest BCUT2D eigenvalue weighted by atomic mass is 35.5. The van der Waals surface area contributed by atoms with E-state index < -0.39 is 5.60 Å². The third kappa shape index (κ3) is 2.96. The molecule has 0 bridgehead atoms. The lowest BCUT2D eigenvalue weighted by Gasteiger charge is -2.20. The van der Waals surface area contributed by atoms with E-state index in [9.17, 15) is 5.11 Å². The Morgan fingerprint density at radius 1 is 1.33 bits per heavy atom. The summed E-state index contributed by atoms with van der Waals surface area (Å²) in [5, 5.41) is 18.4. The highest BCUT2D eigenvalue weighted by molar-refractivity contribution is 6.32. The Bertz CT molecular complexity index is 664. The number of nitrogens with zero attached hydrogens (tertiary/aromatic N) is 3. The number of halogens is 1. The van der Waals surface area contributed by atoms with Crippen LogP contribution in [-0.2, 0) is 12.1 Å². The largest absolute Gasteiger partial charge is 0.486 e. The predicted octanol–water partition coefficient (Wildman–Crippen LogP) is 1.98. The molecular weight excluding hydrogens is 294 g/mol. The van der Waals surface area contributed by atoms with Crippen LogP contribution in [0.15, 0.2) is 18.3 Å². The van der Waals surface area contributed by atoms with Gasteiger partial charge >= 0.3 is 0 Å². The zero-order valence-electron chi connectivity index (χ0n) is 11.8. The van der Waals surface area contributed by atoms with Crippen molar-refractivity contribution in [2.75, 3.05) is 13.2 Å². The summed E-state index contributed by atoms with van der Waals surface area (Å²) in [5.74, 6) is 1.23. The van der Waals surface area contributed by atoms with Crippen LogP contribution in [0.4, 0.5) is 0 Å². The molecule has 1 aromatic carbocycles. The molecule has 2 aromatic rings. The van der Waals surface area contributed by atoms with Crippen LogP contribution >= 0.6 is 11.6 Å². The van der Waals surface area contributed by atoms with Crippen molar-refractivity contribution in [1.29, 1.82) is 0 Å². The molecule has 0 saturated carbocycles. The topological polar surface area (TPSA) is 69.4 Å². The molecule has 2 heterocycles. The van der Waals surface area contributed by atoms with Gasteiger partial charge in [-0.05, 0) is 31.5 Å². The van der Waals surface area contributed by atoms with E-state index in [1.54, 1.807) is 24.7 Å². The predicted molar refractivity (Wildman–Crippen MR) is 76.8 cm³/mol. The molecule has 0 atom stereocenters. The maximum Gasteiger partial charge on any atom is 0.179 e. The Hall–Kier alpha value is -1.79. The van der Waals surface area contributed by atoms with Crippen LogP contribution in [0, 0.1) is 0 Å². The molecule has 21 heavy (non-hydrogen) atoms. The zero-order chi connectivity index (χ0) is 15.0. The van der Waals surface area contributed by atoms with E-state index in [1.807, 2.05) is 12.1 Å². The Kier molecular flexibility index (Phi) is 3.51. The Morgan fingerprint density at radius 2 is 2.10 bits per heavy atom. The van der Waals surface area contributed by atoms with E-state index in [-0.39, 0.29) is 0 Å². The second kappa shape index (κ2) is 5.20. The van der Waals surface area contributed by atoms with Gasteiger partial charge in [-0.25, -0.2) is 4.68 Å². The zero-order valence-corrected chi connectivity index (χ0v) is 12.6. The second-order valence-electron chi connectivity index (χ2n) is 5.46. The van der Waals surface area contributed by atoms with Crippen LogP contribution in [0.3, 0.4) is 0 Å². The summed E-state index contributed by atoms with van der Waals surface area (Å²) in [5.41, 5.74) is 0.436. The summed E-state index contributed by atoms with van der Waals surface area (Å²) in [4.78, 5) is 0. The van der Waals surface area contributed by atoms with Gasteiger partial charge in [0.2, 0.25) is 0 Å². The first-order valence-corrected chi connectivity index (χ1v) is 7.02. The minimum absolute atomic E-state index is 0.486. The minimum Gasteiger partial charge on any atom is -0.486 e. The number of rotatable bonds is 3. The van der Waals surface area contributed by atoms with Gasteiger partial charge in [-0.1, -0.05) is 16.8 Å². The Morgan fingerprint density at radius 3 is 2.81 bits per heavy atom. The lowest BCUT2D eigenvalue weighted by molar-refractivity contribution is 0.0737. The smallest absolute Gasteiger partial charge is 0.179 e. The quantitative estimate of drug-likeness (QED) is 0.939. The maximum atomic E-state index is 9.90. The number of hydrogen-bond acceptors (Lipinski definition) is 5. The number of hydrogen-bond donors (Lipinski definition) is 1. The molecule has 0 saturated heterocycles. The Balaban J connectivity index is 1.85. The molecule has 0 amide bonds. The Labute approximate surface area is 127 Å². The summed E-state index contributed by atoms with van der Waals surface area (Å²) in [6.45, 7) is 4.84. The van der Waals surface area contributed by atoms with E-state index in [2.05, 4.69) is 10.3 Å². The number of fused-ring (bicyclic) bond motifs is 1. The first kappa shape index (κ1) is 14.2. The lowest BCUT2D eigenvalue weighted by atomic mass is 10.1. The number of aliphatic hydroxyl groups is 1. The van der Waals surface area contributed by atoms with Crippen molar-refractivity contribution in [2.24, 2.45) is 0 Å². The minimum atomic E-state index is -1.01. The van der Waals surface area contributed by atoms with E-state index in [4.69, 9.17) is 21.1 Å². The third-order valence-electron chi connectivity index (χ3n) is 3.17. The van der Waals surface area contributed by atoms with Gasteiger partial charge in [0.15, 0.2) is 11.5 Å². The fourth-order valence-electron chi connectivity index (χ4n) is 2.10. The molecule has 0 spiro atoms. The van der Waals surface area contributed by atoms with Crippen molar-refractivity contribution in [2.45, 2.75) is 26.0 Å². The van der Waals surface area contributed by atoms with Crippen LogP contribution in [-0.4, -0.2) is 33.3 Å². The third-order valence-corrected chi connectivity index (χ3v) is 3.45. The molecule has 1 aliphatic rings. The average Bonchev–Trinajstić information content (AvgIpc) is 2.87. The van der Waals surface area contributed by atoms with E-state index >= 15 is 0 Å². The summed E-state index contributed by atoms with van der Waals surface area (Å²) in [6, 6.07) is 3.70. The van der Waals surface area contributed by atoms with Gasteiger partial charge in [0, 0.05) is 0 Å². The van der Waals surface area contributed by atoms with E-state index in [0.29, 0.717) is 42.0 Å². The molecule has 0 unspecified atom stereocenters. The highest BCUT2D eigenvalue weighted by Gasteiger charge is 2.21. The van der Waals surface area contributed by atoms with Crippen LogP contribution in [0.5, 0.6) is 11.5 Å². The fourth-order valence-corrected chi connectivity index (χ4v) is 2.39. The average molecular weight is 310 g/mol. The van der Waals surface area contributed by atoms with Gasteiger partial charge in [0.1, 0.15) is 24.5 Å². The molecule has 0 aliphatic carbocycles. The molecule has 3 rings (SSSR count). The van der Waals surface area contributed by atoms with Crippen molar-refractivity contribution in [1.82, 2.24) is 15.0 Å². The molecule has 0 fully saturated rings. The van der Waals surface area contributed by atoms with Gasteiger partial charge < -0.3 is 14.6 Å². The van der Waals surface area contributed by atoms with E-state index in [0.717, 1.165) is 5.56 Å². The van der Waals surface area contributed by atoms with Crippen molar-refractivity contribution in [3.05, 3.63) is 34.6 Å². The molecule has 0 radical (unpaired) electrons.